The fourth-order valence-electron chi connectivity index (χ4n) is 3.56. The molecule has 1 N–H and O–H groups in total. The number of hydrogen-bond donors (Lipinski definition) is 1. The van der Waals surface area contributed by atoms with Gasteiger partial charge in [-0.2, -0.15) is 0 Å². The van der Waals surface area contributed by atoms with Gasteiger partial charge < -0.3 is 10.2 Å². The van der Waals surface area contributed by atoms with Crippen LogP contribution < -0.4 is 5.32 Å². The van der Waals surface area contributed by atoms with Gasteiger partial charge in [-0.15, -0.1) is 0 Å². The predicted molar refractivity (Wildman–Crippen MR) is 108 cm³/mol. The second-order valence-electron chi connectivity index (χ2n) is 7.41. The van der Waals surface area contributed by atoms with Crippen molar-refractivity contribution in [2.24, 2.45) is 0 Å². The van der Waals surface area contributed by atoms with Crippen LogP contribution in [0.25, 0.3) is 0 Å². The number of hydrogen-bond acceptors (Lipinski definition) is 2. The van der Waals surface area contributed by atoms with Crippen molar-refractivity contribution in [3.63, 3.8) is 0 Å². The first-order valence-electron chi connectivity index (χ1n) is 9.74. The van der Waals surface area contributed by atoms with Gasteiger partial charge in [0.1, 0.15) is 0 Å². The summed E-state index contributed by atoms with van der Waals surface area (Å²) in [4.78, 5) is 25.9. The average molecular weight is 364 g/mol. The Labute approximate surface area is 161 Å². The molecule has 3 rings (SSSR count). The number of likely N-dealkylation sites (tertiary alicyclic amines) is 1. The highest BCUT2D eigenvalue weighted by molar-refractivity contribution is 5.94. The van der Waals surface area contributed by atoms with Crippen LogP contribution in [0.15, 0.2) is 42.5 Å². The second-order valence-corrected chi connectivity index (χ2v) is 7.41. The smallest absolute Gasteiger partial charge is 0.251 e. The minimum atomic E-state index is -0.0422. The van der Waals surface area contributed by atoms with E-state index in [0.717, 1.165) is 31.4 Å². The Bertz CT molecular complexity index is 812. The Hall–Kier alpha value is -2.62. The van der Waals surface area contributed by atoms with Crippen LogP contribution in [-0.4, -0.2) is 29.8 Å². The van der Waals surface area contributed by atoms with Crippen molar-refractivity contribution in [2.75, 3.05) is 13.1 Å². The molecule has 0 bridgehead atoms. The first-order chi connectivity index (χ1) is 13.0. The van der Waals surface area contributed by atoms with Crippen LogP contribution in [0.5, 0.6) is 0 Å². The molecule has 0 aromatic heterocycles. The number of benzene rings is 2. The molecule has 1 aliphatic rings. The molecule has 142 valence electrons. The first kappa shape index (κ1) is 19.2. The zero-order chi connectivity index (χ0) is 19.2. The molecule has 4 heteroatoms. The number of aryl methyl sites for hydroxylation is 3. The van der Waals surface area contributed by atoms with E-state index in [4.69, 9.17) is 0 Å². The highest BCUT2D eigenvalue weighted by atomic mass is 16.2. The van der Waals surface area contributed by atoms with Gasteiger partial charge in [0.2, 0.25) is 5.91 Å². The summed E-state index contributed by atoms with van der Waals surface area (Å²) in [6.07, 6.45) is 3.49. The standard InChI is InChI=1S/C23H28N2O2/c1-17-7-10-20(18(2)15-17)5-3-13-24-23(27)21-11-8-19(9-12-21)16-25-14-4-6-22(25)26/h7-12,15H,3-6,13-14,16H2,1-2H3,(H,24,27). The van der Waals surface area contributed by atoms with Gasteiger partial charge >= 0.3 is 0 Å². The van der Waals surface area contributed by atoms with E-state index in [1.54, 1.807) is 0 Å². The molecular formula is C23H28N2O2. The van der Waals surface area contributed by atoms with Gasteiger partial charge in [0.25, 0.3) is 5.91 Å². The summed E-state index contributed by atoms with van der Waals surface area (Å²) >= 11 is 0. The van der Waals surface area contributed by atoms with Gasteiger partial charge in [-0.25, -0.2) is 0 Å². The Morgan fingerprint density at radius 3 is 2.56 bits per heavy atom. The first-order valence-corrected chi connectivity index (χ1v) is 9.74. The monoisotopic (exact) mass is 364 g/mol. The molecule has 2 aromatic rings. The van der Waals surface area contributed by atoms with E-state index < -0.39 is 0 Å². The molecule has 0 atom stereocenters. The molecule has 0 spiro atoms. The third kappa shape index (κ3) is 5.19. The molecule has 27 heavy (non-hydrogen) atoms. The topological polar surface area (TPSA) is 49.4 Å². The fourth-order valence-corrected chi connectivity index (χ4v) is 3.56. The molecule has 1 aliphatic heterocycles. The molecule has 4 nitrogen and oxygen atoms in total. The number of nitrogens with one attached hydrogen (secondary N) is 1. The summed E-state index contributed by atoms with van der Waals surface area (Å²) in [6, 6.07) is 14.1. The van der Waals surface area contributed by atoms with E-state index in [1.807, 2.05) is 29.2 Å². The lowest BCUT2D eigenvalue weighted by molar-refractivity contribution is -0.128. The Balaban J connectivity index is 1.44. The average Bonchev–Trinajstić information content (AvgIpc) is 3.05. The highest BCUT2D eigenvalue weighted by Crippen LogP contribution is 2.15. The van der Waals surface area contributed by atoms with Gasteiger partial charge in [-0.05, 0) is 61.9 Å². The van der Waals surface area contributed by atoms with Crippen LogP contribution in [0.2, 0.25) is 0 Å². The molecule has 0 radical (unpaired) electrons. The summed E-state index contributed by atoms with van der Waals surface area (Å²) in [5.74, 6) is 0.181. The summed E-state index contributed by atoms with van der Waals surface area (Å²) in [6.45, 7) is 6.37. The lowest BCUT2D eigenvalue weighted by Gasteiger charge is -2.15. The zero-order valence-corrected chi connectivity index (χ0v) is 16.3. The molecule has 2 amide bonds. The lowest BCUT2D eigenvalue weighted by atomic mass is 10.0. The molecule has 1 saturated heterocycles. The molecule has 2 aromatic carbocycles. The Morgan fingerprint density at radius 2 is 1.89 bits per heavy atom. The van der Waals surface area contributed by atoms with Gasteiger partial charge in [-0.3, -0.25) is 9.59 Å². The highest BCUT2D eigenvalue weighted by Gasteiger charge is 2.19. The molecule has 0 saturated carbocycles. The maximum Gasteiger partial charge on any atom is 0.251 e. The van der Waals surface area contributed by atoms with Gasteiger partial charge in [0.05, 0.1) is 0 Å². The number of nitrogens with zero attached hydrogens (tertiary/aromatic N) is 1. The number of rotatable bonds is 7. The van der Waals surface area contributed by atoms with E-state index in [-0.39, 0.29) is 11.8 Å². The minimum Gasteiger partial charge on any atom is -0.352 e. The maximum absolute atomic E-state index is 12.3. The zero-order valence-electron chi connectivity index (χ0n) is 16.3. The van der Waals surface area contributed by atoms with Crippen LogP contribution in [-0.2, 0) is 17.8 Å². The van der Waals surface area contributed by atoms with Crippen LogP contribution in [0.4, 0.5) is 0 Å². The quantitative estimate of drug-likeness (QED) is 0.760. The molecule has 1 heterocycles. The summed E-state index contributed by atoms with van der Waals surface area (Å²) in [5.41, 5.74) is 5.67. The summed E-state index contributed by atoms with van der Waals surface area (Å²) in [5, 5.41) is 3.00. The SMILES string of the molecule is Cc1ccc(CCCNC(=O)c2ccc(CN3CCCC3=O)cc2)c(C)c1. The fraction of sp³-hybridized carbons (Fsp3) is 0.391. The number of carbonyl (C=O) groups excluding carboxylic acids is 2. The van der Waals surface area contributed by atoms with Crippen molar-refractivity contribution in [2.45, 2.75) is 46.1 Å². The van der Waals surface area contributed by atoms with Gasteiger partial charge in [-0.1, -0.05) is 35.9 Å². The van der Waals surface area contributed by atoms with Crippen molar-refractivity contribution in [3.05, 3.63) is 70.3 Å². The van der Waals surface area contributed by atoms with E-state index in [1.165, 1.54) is 16.7 Å². The number of amides is 2. The third-order valence-corrected chi connectivity index (χ3v) is 5.17. The Morgan fingerprint density at radius 1 is 1.11 bits per heavy atom. The predicted octanol–water partition coefficient (Wildman–Crippen LogP) is 3.79. The third-order valence-electron chi connectivity index (χ3n) is 5.17. The summed E-state index contributed by atoms with van der Waals surface area (Å²) in [7, 11) is 0. The molecule has 0 aliphatic carbocycles. The van der Waals surface area contributed by atoms with Crippen molar-refractivity contribution >= 4 is 11.8 Å². The van der Waals surface area contributed by atoms with Crippen LogP contribution in [0, 0.1) is 13.8 Å². The Kier molecular flexibility index (Phi) is 6.28. The van der Waals surface area contributed by atoms with E-state index in [9.17, 15) is 9.59 Å². The van der Waals surface area contributed by atoms with Crippen LogP contribution in [0.1, 0.15) is 51.9 Å². The molecule has 1 fully saturated rings. The normalized spacial score (nSPS) is 13.9. The molecule has 0 unspecified atom stereocenters. The van der Waals surface area contributed by atoms with Gasteiger partial charge in [0, 0.05) is 31.6 Å². The van der Waals surface area contributed by atoms with Crippen molar-refractivity contribution < 1.29 is 9.59 Å². The largest absolute Gasteiger partial charge is 0.352 e. The van der Waals surface area contributed by atoms with Crippen molar-refractivity contribution in [1.29, 1.82) is 0 Å². The van der Waals surface area contributed by atoms with Crippen molar-refractivity contribution in [3.8, 4) is 0 Å². The second kappa shape index (κ2) is 8.85. The number of carbonyl (C=O) groups is 2. The van der Waals surface area contributed by atoms with Crippen LogP contribution >= 0.6 is 0 Å². The van der Waals surface area contributed by atoms with Crippen LogP contribution in [0.3, 0.4) is 0 Å². The van der Waals surface area contributed by atoms with Gasteiger partial charge in [0.15, 0.2) is 0 Å². The maximum atomic E-state index is 12.3. The van der Waals surface area contributed by atoms with E-state index in [0.29, 0.717) is 25.1 Å². The minimum absolute atomic E-state index is 0.0422. The van der Waals surface area contributed by atoms with E-state index in [2.05, 4.69) is 37.4 Å². The summed E-state index contributed by atoms with van der Waals surface area (Å²) < 4.78 is 0. The van der Waals surface area contributed by atoms with E-state index >= 15 is 0 Å². The molecular weight excluding hydrogens is 336 g/mol. The van der Waals surface area contributed by atoms with Crippen molar-refractivity contribution in [1.82, 2.24) is 10.2 Å². The lowest BCUT2D eigenvalue weighted by Crippen LogP contribution is -2.25.